The summed E-state index contributed by atoms with van der Waals surface area (Å²) in [6.45, 7) is 4.66. The van der Waals surface area contributed by atoms with Crippen molar-refractivity contribution in [2.75, 3.05) is 39.9 Å². The van der Waals surface area contributed by atoms with Crippen LogP contribution >= 0.6 is 0 Å². The number of nitrogens with one attached hydrogen (secondary N) is 1. The smallest absolute Gasteiger partial charge is 0.253 e. The lowest BCUT2D eigenvalue weighted by atomic mass is 9.96. The highest BCUT2D eigenvalue weighted by atomic mass is 16.5. The number of para-hydroxylation sites is 1. The predicted molar refractivity (Wildman–Crippen MR) is 96.9 cm³/mol. The van der Waals surface area contributed by atoms with Gasteiger partial charge >= 0.3 is 0 Å². The van der Waals surface area contributed by atoms with E-state index in [9.17, 15) is 4.79 Å². The molecule has 6 nitrogen and oxygen atoms in total. The van der Waals surface area contributed by atoms with E-state index in [1.165, 1.54) is 0 Å². The number of hydrogen-bond acceptors (Lipinski definition) is 4. The third-order valence-electron chi connectivity index (χ3n) is 4.77. The van der Waals surface area contributed by atoms with Crippen LogP contribution in [0.4, 0.5) is 0 Å². The third-order valence-corrected chi connectivity index (χ3v) is 4.77. The number of aromatic nitrogens is 2. The van der Waals surface area contributed by atoms with Crippen molar-refractivity contribution in [1.82, 2.24) is 20.0 Å². The summed E-state index contributed by atoms with van der Waals surface area (Å²) < 4.78 is 6.86. The molecule has 1 aliphatic heterocycles. The summed E-state index contributed by atoms with van der Waals surface area (Å²) in [4.78, 5) is 15.1. The molecule has 134 valence electrons. The number of carbonyl (C=O) groups excluding carboxylic acids is 1. The Kier molecular flexibility index (Phi) is 6.19. The maximum Gasteiger partial charge on any atom is 0.253 e. The van der Waals surface area contributed by atoms with Crippen molar-refractivity contribution < 1.29 is 9.53 Å². The molecule has 1 saturated heterocycles. The maximum atomic E-state index is 12.6. The number of nitrogens with zero attached hydrogens (tertiary/aromatic N) is 3. The molecule has 1 N–H and O–H groups in total. The first-order valence-electron chi connectivity index (χ1n) is 8.86. The van der Waals surface area contributed by atoms with Gasteiger partial charge in [-0.1, -0.05) is 12.1 Å². The number of benzene rings is 1. The number of amides is 1. The molecule has 2 aromatic rings. The Hall–Kier alpha value is -2.18. The molecule has 25 heavy (non-hydrogen) atoms. The summed E-state index contributed by atoms with van der Waals surface area (Å²) in [6, 6.07) is 9.42. The molecule has 0 aliphatic carbocycles. The zero-order valence-corrected chi connectivity index (χ0v) is 14.7. The summed E-state index contributed by atoms with van der Waals surface area (Å²) in [5.74, 6) is 0.507. The zero-order chi connectivity index (χ0) is 17.5. The Morgan fingerprint density at radius 2 is 2.08 bits per heavy atom. The number of likely N-dealkylation sites (tertiary alicyclic amines) is 1. The number of rotatable bonds is 7. The SMILES string of the molecule is COCCN1CCC(CNC(=O)c2ccccc2-n2cccn2)CC1. The molecule has 0 spiro atoms. The van der Waals surface area contributed by atoms with E-state index in [1.807, 2.05) is 36.5 Å². The fraction of sp³-hybridized carbons (Fsp3) is 0.474. The lowest BCUT2D eigenvalue weighted by molar-refractivity contribution is 0.0926. The molecule has 0 bridgehead atoms. The first-order chi connectivity index (χ1) is 12.3. The number of methoxy groups -OCH3 is 1. The van der Waals surface area contributed by atoms with Gasteiger partial charge in [-0.3, -0.25) is 4.79 Å². The Morgan fingerprint density at radius 3 is 2.80 bits per heavy atom. The molecular weight excluding hydrogens is 316 g/mol. The van der Waals surface area contributed by atoms with Gasteiger partial charge in [0.2, 0.25) is 0 Å². The zero-order valence-electron chi connectivity index (χ0n) is 14.7. The Morgan fingerprint density at radius 1 is 1.28 bits per heavy atom. The van der Waals surface area contributed by atoms with Crippen LogP contribution in [0.1, 0.15) is 23.2 Å². The molecule has 1 aliphatic rings. The standard InChI is InChI=1S/C19H26N4O2/c1-25-14-13-22-11-7-16(8-12-22)15-20-19(24)17-5-2-3-6-18(17)23-10-4-9-21-23/h2-6,9-10,16H,7-8,11-15H2,1H3,(H,20,24). The summed E-state index contributed by atoms with van der Waals surface area (Å²) in [5, 5.41) is 7.34. The normalized spacial score (nSPS) is 16.0. The number of carbonyl (C=O) groups is 1. The average molecular weight is 342 g/mol. The van der Waals surface area contributed by atoms with E-state index in [2.05, 4.69) is 15.3 Å². The van der Waals surface area contributed by atoms with Gasteiger partial charge in [-0.15, -0.1) is 0 Å². The van der Waals surface area contributed by atoms with E-state index in [-0.39, 0.29) is 5.91 Å². The molecule has 1 fully saturated rings. The van der Waals surface area contributed by atoms with Crippen LogP contribution in [0.15, 0.2) is 42.7 Å². The Balaban J connectivity index is 1.53. The van der Waals surface area contributed by atoms with Crippen LogP contribution in [-0.2, 0) is 4.74 Å². The lowest BCUT2D eigenvalue weighted by Crippen LogP contribution is -2.40. The fourth-order valence-corrected chi connectivity index (χ4v) is 3.24. The minimum Gasteiger partial charge on any atom is -0.383 e. The topological polar surface area (TPSA) is 59.4 Å². The van der Waals surface area contributed by atoms with Crippen LogP contribution in [0.25, 0.3) is 5.69 Å². The molecule has 1 aromatic carbocycles. The van der Waals surface area contributed by atoms with Crippen molar-refractivity contribution in [3.8, 4) is 5.69 Å². The minimum absolute atomic E-state index is 0.0343. The summed E-state index contributed by atoms with van der Waals surface area (Å²) in [7, 11) is 1.74. The fourth-order valence-electron chi connectivity index (χ4n) is 3.24. The van der Waals surface area contributed by atoms with Crippen molar-refractivity contribution in [1.29, 1.82) is 0 Å². The van der Waals surface area contributed by atoms with Gasteiger partial charge in [0.05, 0.1) is 17.9 Å². The van der Waals surface area contributed by atoms with Crippen LogP contribution in [0, 0.1) is 5.92 Å². The lowest BCUT2D eigenvalue weighted by Gasteiger charge is -2.31. The van der Waals surface area contributed by atoms with Crippen molar-refractivity contribution in [3.63, 3.8) is 0 Å². The van der Waals surface area contributed by atoms with E-state index in [0.29, 0.717) is 11.5 Å². The quantitative estimate of drug-likeness (QED) is 0.836. The molecule has 3 rings (SSSR count). The molecule has 0 unspecified atom stereocenters. The van der Waals surface area contributed by atoms with Crippen molar-refractivity contribution >= 4 is 5.91 Å². The highest BCUT2D eigenvalue weighted by Gasteiger charge is 2.20. The van der Waals surface area contributed by atoms with Crippen molar-refractivity contribution in [2.24, 2.45) is 5.92 Å². The third kappa shape index (κ3) is 4.67. The molecule has 1 aromatic heterocycles. The monoisotopic (exact) mass is 342 g/mol. The molecule has 0 atom stereocenters. The highest BCUT2D eigenvalue weighted by Crippen LogP contribution is 2.17. The molecule has 2 heterocycles. The van der Waals surface area contributed by atoms with E-state index in [1.54, 1.807) is 18.0 Å². The Bertz CT molecular complexity index is 664. The minimum atomic E-state index is -0.0343. The largest absolute Gasteiger partial charge is 0.383 e. The second-order valence-electron chi connectivity index (χ2n) is 6.46. The summed E-state index contributed by atoms with van der Waals surface area (Å²) in [6.07, 6.45) is 5.80. The van der Waals surface area contributed by atoms with Gasteiger partial charge in [0, 0.05) is 32.6 Å². The van der Waals surface area contributed by atoms with Crippen molar-refractivity contribution in [3.05, 3.63) is 48.3 Å². The van der Waals surface area contributed by atoms with Gasteiger partial charge in [0.25, 0.3) is 5.91 Å². The summed E-state index contributed by atoms with van der Waals surface area (Å²) >= 11 is 0. The molecular formula is C19H26N4O2. The number of ether oxygens (including phenoxy) is 1. The second kappa shape index (κ2) is 8.78. The van der Waals surface area contributed by atoms with Gasteiger partial charge < -0.3 is 15.0 Å². The van der Waals surface area contributed by atoms with Gasteiger partial charge in [-0.25, -0.2) is 4.68 Å². The molecule has 1 amide bonds. The van der Waals surface area contributed by atoms with Crippen LogP contribution in [0.5, 0.6) is 0 Å². The van der Waals surface area contributed by atoms with Crippen molar-refractivity contribution in [2.45, 2.75) is 12.8 Å². The van der Waals surface area contributed by atoms with Crippen LogP contribution in [-0.4, -0.2) is 60.5 Å². The molecule has 0 saturated carbocycles. The van der Waals surface area contributed by atoms with Crippen LogP contribution in [0.3, 0.4) is 0 Å². The van der Waals surface area contributed by atoms with Gasteiger partial charge in [-0.2, -0.15) is 5.10 Å². The van der Waals surface area contributed by atoms with Gasteiger partial charge in [0.15, 0.2) is 0 Å². The van der Waals surface area contributed by atoms with Crippen LogP contribution in [0.2, 0.25) is 0 Å². The number of hydrogen-bond donors (Lipinski definition) is 1. The van der Waals surface area contributed by atoms with Gasteiger partial charge in [0.1, 0.15) is 0 Å². The van der Waals surface area contributed by atoms with E-state index in [4.69, 9.17) is 4.74 Å². The average Bonchev–Trinajstić information content (AvgIpc) is 3.20. The first-order valence-corrected chi connectivity index (χ1v) is 8.86. The maximum absolute atomic E-state index is 12.6. The van der Waals surface area contributed by atoms with E-state index >= 15 is 0 Å². The Labute approximate surface area is 148 Å². The molecule has 6 heteroatoms. The molecule has 0 radical (unpaired) electrons. The summed E-state index contributed by atoms with van der Waals surface area (Å²) in [5.41, 5.74) is 1.46. The highest BCUT2D eigenvalue weighted by molar-refractivity contribution is 5.97. The second-order valence-corrected chi connectivity index (χ2v) is 6.46. The van der Waals surface area contributed by atoms with Gasteiger partial charge in [-0.05, 0) is 50.0 Å². The predicted octanol–water partition coefficient (Wildman–Crippen LogP) is 1.96. The first kappa shape index (κ1) is 17.6. The van der Waals surface area contributed by atoms with E-state index < -0.39 is 0 Å². The van der Waals surface area contributed by atoms with Crippen LogP contribution < -0.4 is 5.32 Å². The van der Waals surface area contributed by atoms with E-state index in [0.717, 1.165) is 51.3 Å². The number of piperidine rings is 1.